The van der Waals surface area contributed by atoms with Crippen LogP contribution >= 0.6 is 0 Å². The number of piperidine rings is 1. The first-order valence-electron chi connectivity index (χ1n) is 8.72. The zero-order valence-electron chi connectivity index (χ0n) is 14.4. The van der Waals surface area contributed by atoms with Crippen molar-refractivity contribution in [1.82, 2.24) is 14.6 Å². The van der Waals surface area contributed by atoms with Crippen LogP contribution in [0.25, 0.3) is 0 Å². The highest BCUT2D eigenvalue weighted by Crippen LogP contribution is 2.33. The number of sulfonamides is 1. The maximum Gasteiger partial charge on any atom is 0.244 e. The molecule has 1 amide bonds. The van der Waals surface area contributed by atoms with Gasteiger partial charge in [-0.1, -0.05) is 0 Å². The van der Waals surface area contributed by atoms with Crippen molar-refractivity contribution in [2.75, 3.05) is 26.8 Å². The molecule has 1 atom stereocenters. The van der Waals surface area contributed by atoms with E-state index in [1.54, 1.807) is 25.4 Å². The van der Waals surface area contributed by atoms with E-state index >= 15 is 0 Å². The number of hydrogen-bond acceptors (Lipinski definition) is 5. The minimum Gasteiger partial charge on any atom is -0.383 e. The Morgan fingerprint density at radius 1 is 1.36 bits per heavy atom. The summed E-state index contributed by atoms with van der Waals surface area (Å²) in [4.78, 5) is 16.6. The van der Waals surface area contributed by atoms with Crippen LogP contribution in [0, 0.1) is 11.8 Å². The van der Waals surface area contributed by atoms with Gasteiger partial charge in [-0.05, 0) is 43.7 Å². The molecule has 0 bridgehead atoms. The fraction of sp³-hybridized carbons (Fsp3) is 0.647. The number of ether oxygens (including phenoxy) is 1. The van der Waals surface area contributed by atoms with Crippen molar-refractivity contribution in [3.8, 4) is 0 Å². The first kappa shape index (κ1) is 18.3. The third kappa shape index (κ3) is 4.37. The normalized spacial score (nSPS) is 21.0. The highest BCUT2D eigenvalue weighted by molar-refractivity contribution is 7.89. The Labute approximate surface area is 148 Å². The lowest BCUT2D eigenvalue weighted by Gasteiger charge is -2.31. The molecule has 25 heavy (non-hydrogen) atoms. The van der Waals surface area contributed by atoms with Gasteiger partial charge in [-0.25, -0.2) is 8.42 Å². The van der Waals surface area contributed by atoms with Crippen molar-refractivity contribution < 1.29 is 17.9 Å². The number of pyridine rings is 1. The number of nitrogens with one attached hydrogen (secondary N) is 1. The Kier molecular flexibility index (Phi) is 5.71. The second kappa shape index (κ2) is 7.80. The number of nitrogens with zero attached hydrogens (tertiary/aromatic N) is 2. The first-order chi connectivity index (χ1) is 12.0. The number of aromatic nitrogens is 1. The molecule has 1 N–H and O–H groups in total. The number of carbonyl (C=O) groups is 1. The molecule has 2 fully saturated rings. The van der Waals surface area contributed by atoms with E-state index < -0.39 is 10.0 Å². The molecule has 7 nitrogen and oxygen atoms in total. The van der Waals surface area contributed by atoms with Crippen LogP contribution < -0.4 is 5.32 Å². The summed E-state index contributed by atoms with van der Waals surface area (Å²) in [6, 6.07) is 3.24. The first-order valence-corrected chi connectivity index (χ1v) is 10.2. The van der Waals surface area contributed by atoms with Crippen LogP contribution in [-0.4, -0.2) is 56.5 Å². The second-order valence-electron chi connectivity index (χ2n) is 6.77. The van der Waals surface area contributed by atoms with E-state index in [0.29, 0.717) is 38.5 Å². The van der Waals surface area contributed by atoms with E-state index in [0.717, 1.165) is 12.8 Å². The van der Waals surface area contributed by atoms with Gasteiger partial charge in [-0.3, -0.25) is 9.78 Å². The average Bonchev–Trinajstić information content (AvgIpc) is 3.47. The molecule has 1 aliphatic carbocycles. The molecule has 138 valence electrons. The molecule has 0 aromatic carbocycles. The molecular weight excluding hydrogens is 342 g/mol. The van der Waals surface area contributed by atoms with E-state index in [1.807, 2.05) is 0 Å². The van der Waals surface area contributed by atoms with E-state index in [1.165, 1.54) is 10.5 Å². The van der Waals surface area contributed by atoms with Crippen LogP contribution in [0.15, 0.2) is 29.4 Å². The fourth-order valence-electron chi connectivity index (χ4n) is 3.28. The van der Waals surface area contributed by atoms with Crippen LogP contribution in [0.1, 0.15) is 25.7 Å². The van der Waals surface area contributed by atoms with Crippen LogP contribution in [0.5, 0.6) is 0 Å². The quantitative estimate of drug-likeness (QED) is 0.777. The zero-order valence-corrected chi connectivity index (χ0v) is 15.2. The number of amides is 1. The molecular formula is C17H25N3O4S. The maximum absolute atomic E-state index is 12.6. The van der Waals surface area contributed by atoms with Gasteiger partial charge in [0.25, 0.3) is 0 Å². The number of hydrogen-bond donors (Lipinski definition) is 1. The lowest BCUT2D eigenvalue weighted by atomic mass is 9.96. The summed E-state index contributed by atoms with van der Waals surface area (Å²) in [5.41, 5.74) is 0. The second-order valence-corrected chi connectivity index (χ2v) is 8.71. The molecule has 1 saturated heterocycles. The topological polar surface area (TPSA) is 88.6 Å². The van der Waals surface area contributed by atoms with Gasteiger partial charge in [0.1, 0.15) is 4.90 Å². The van der Waals surface area contributed by atoms with Crippen LogP contribution in [0.3, 0.4) is 0 Å². The molecule has 8 heteroatoms. The van der Waals surface area contributed by atoms with Gasteiger partial charge < -0.3 is 10.1 Å². The van der Waals surface area contributed by atoms with Crippen molar-refractivity contribution in [3.05, 3.63) is 24.5 Å². The van der Waals surface area contributed by atoms with E-state index in [-0.39, 0.29) is 22.8 Å². The highest BCUT2D eigenvalue weighted by atomic mass is 32.2. The van der Waals surface area contributed by atoms with E-state index in [4.69, 9.17) is 4.74 Å². The van der Waals surface area contributed by atoms with Crippen molar-refractivity contribution in [3.63, 3.8) is 0 Å². The Morgan fingerprint density at radius 2 is 2.08 bits per heavy atom. The minimum absolute atomic E-state index is 0.0207. The minimum atomic E-state index is -3.53. The molecule has 2 heterocycles. The Balaban J connectivity index is 1.55. The summed E-state index contributed by atoms with van der Waals surface area (Å²) in [5, 5.41) is 3.09. The summed E-state index contributed by atoms with van der Waals surface area (Å²) in [5.74, 6) is 0.403. The molecule has 1 aliphatic heterocycles. The summed E-state index contributed by atoms with van der Waals surface area (Å²) < 4.78 is 31.8. The van der Waals surface area contributed by atoms with Crippen LogP contribution in [0.4, 0.5) is 0 Å². The molecule has 3 rings (SSSR count). The molecule has 0 spiro atoms. The summed E-state index contributed by atoms with van der Waals surface area (Å²) in [7, 11) is -1.88. The van der Waals surface area contributed by atoms with E-state index in [9.17, 15) is 13.2 Å². The predicted octanol–water partition coefficient (Wildman–Crippen LogP) is 1.02. The smallest absolute Gasteiger partial charge is 0.244 e. The summed E-state index contributed by atoms with van der Waals surface area (Å²) in [6.07, 6.45) is 6.25. The zero-order chi connectivity index (χ0) is 17.9. The summed E-state index contributed by atoms with van der Waals surface area (Å²) >= 11 is 0. The molecule has 1 unspecified atom stereocenters. The van der Waals surface area contributed by atoms with Crippen molar-refractivity contribution in [1.29, 1.82) is 0 Å². The lowest BCUT2D eigenvalue weighted by Crippen LogP contribution is -2.47. The van der Waals surface area contributed by atoms with Gasteiger partial charge in [0, 0.05) is 38.5 Å². The average molecular weight is 367 g/mol. The SMILES string of the molecule is COCC(NC(=O)C1CCN(S(=O)(=O)c2cccnc2)CC1)C1CC1. The molecule has 1 saturated carbocycles. The monoisotopic (exact) mass is 367 g/mol. The third-order valence-electron chi connectivity index (χ3n) is 4.96. The maximum atomic E-state index is 12.6. The Hall–Kier alpha value is -1.51. The largest absolute Gasteiger partial charge is 0.383 e. The number of methoxy groups -OCH3 is 1. The predicted molar refractivity (Wildman–Crippen MR) is 92.3 cm³/mol. The van der Waals surface area contributed by atoms with Crippen molar-refractivity contribution >= 4 is 15.9 Å². The van der Waals surface area contributed by atoms with Crippen molar-refractivity contribution in [2.45, 2.75) is 36.6 Å². The van der Waals surface area contributed by atoms with Gasteiger partial charge >= 0.3 is 0 Å². The number of rotatable bonds is 7. The van der Waals surface area contributed by atoms with Gasteiger partial charge in [-0.15, -0.1) is 0 Å². The highest BCUT2D eigenvalue weighted by Gasteiger charge is 2.36. The van der Waals surface area contributed by atoms with Crippen molar-refractivity contribution in [2.24, 2.45) is 11.8 Å². The molecule has 2 aliphatic rings. The molecule has 1 aromatic rings. The van der Waals surface area contributed by atoms with Crippen LogP contribution in [-0.2, 0) is 19.6 Å². The van der Waals surface area contributed by atoms with E-state index in [2.05, 4.69) is 10.3 Å². The van der Waals surface area contributed by atoms with Crippen LogP contribution in [0.2, 0.25) is 0 Å². The van der Waals surface area contributed by atoms with Gasteiger partial charge in [0.05, 0.1) is 12.6 Å². The van der Waals surface area contributed by atoms with Gasteiger partial charge in [0.15, 0.2) is 0 Å². The third-order valence-corrected chi connectivity index (χ3v) is 6.84. The number of carbonyl (C=O) groups excluding carboxylic acids is 1. The van der Waals surface area contributed by atoms with Gasteiger partial charge in [-0.2, -0.15) is 4.31 Å². The lowest BCUT2D eigenvalue weighted by molar-refractivity contribution is -0.127. The fourth-order valence-corrected chi connectivity index (χ4v) is 4.72. The Morgan fingerprint density at radius 3 is 2.64 bits per heavy atom. The Bertz CT molecular complexity index is 683. The standard InChI is InChI=1S/C17H25N3O4S/c1-24-12-16(13-4-5-13)19-17(21)14-6-9-20(10-7-14)25(22,23)15-3-2-8-18-11-15/h2-3,8,11,13-14,16H,4-7,9-10,12H2,1H3,(H,19,21). The molecule has 0 radical (unpaired) electrons. The van der Waals surface area contributed by atoms with Gasteiger partial charge in [0.2, 0.25) is 15.9 Å². The molecule has 1 aromatic heterocycles. The summed E-state index contributed by atoms with van der Waals surface area (Å²) in [6.45, 7) is 1.24.